The van der Waals surface area contributed by atoms with Gasteiger partial charge >= 0.3 is 6.18 Å². The summed E-state index contributed by atoms with van der Waals surface area (Å²) in [6.45, 7) is 0. The van der Waals surface area contributed by atoms with Gasteiger partial charge in [-0.25, -0.2) is 4.98 Å². The van der Waals surface area contributed by atoms with Gasteiger partial charge in [0.05, 0.1) is 18.1 Å². The molecule has 1 aromatic heterocycles. The van der Waals surface area contributed by atoms with Crippen molar-refractivity contribution in [2.75, 3.05) is 12.9 Å². The van der Waals surface area contributed by atoms with E-state index in [1.807, 2.05) is 0 Å². The van der Waals surface area contributed by atoms with Crippen LogP contribution in [0, 0.1) is 11.3 Å². The van der Waals surface area contributed by atoms with Crippen LogP contribution in [0.4, 0.5) is 13.2 Å². The lowest BCUT2D eigenvalue weighted by atomic mass is 10.1. The number of benzene rings is 1. The molecule has 0 aliphatic heterocycles. The van der Waals surface area contributed by atoms with Crippen molar-refractivity contribution in [2.24, 2.45) is 11.7 Å². The van der Waals surface area contributed by atoms with Crippen molar-refractivity contribution < 1.29 is 17.9 Å². The maximum absolute atomic E-state index is 12.7. The highest BCUT2D eigenvalue weighted by Gasteiger charge is 2.41. The number of rotatable bonds is 5. The van der Waals surface area contributed by atoms with Gasteiger partial charge in [0.25, 0.3) is 0 Å². The van der Waals surface area contributed by atoms with Crippen LogP contribution < -0.4 is 10.5 Å². The van der Waals surface area contributed by atoms with Crippen molar-refractivity contribution >= 4 is 28.6 Å². The van der Waals surface area contributed by atoms with E-state index >= 15 is 0 Å². The van der Waals surface area contributed by atoms with Crippen LogP contribution in [0.3, 0.4) is 0 Å². The first-order valence-corrected chi connectivity index (χ1v) is 6.87. The third kappa shape index (κ3) is 3.60. The maximum Gasteiger partial charge on any atom is 0.399 e. The lowest BCUT2D eigenvalue weighted by Gasteiger charge is -2.17. The number of nitrogens with one attached hydrogen (secondary N) is 2. The molecule has 0 saturated carbocycles. The fourth-order valence-corrected chi connectivity index (χ4v) is 2.72. The van der Waals surface area contributed by atoms with Crippen LogP contribution in [0.1, 0.15) is 0 Å². The molecule has 114 valence electrons. The summed E-state index contributed by atoms with van der Waals surface area (Å²) in [5.41, 5.74) is 6.30. The van der Waals surface area contributed by atoms with E-state index in [9.17, 15) is 13.2 Å². The molecule has 0 aliphatic rings. The molecule has 4 N–H and O–H groups in total. The number of thioether (sulfide) groups is 1. The summed E-state index contributed by atoms with van der Waals surface area (Å²) >= 11 is 0.875. The second-order valence-electron chi connectivity index (χ2n) is 4.29. The number of aromatic nitrogens is 2. The Morgan fingerprint density at radius 1 is 1.52 bits per heavy atom. The van der Waals surface area contributed by atoms with Gasteiger partial charge in [0, 0.05) is 11.8 Å². The molecular formula is C12H13F3N4OS. The molecule has 0 aliphatic carbocycles. The largest absolute Gasteiger partial charge is 0.497 e. The van der Waals surface area contributed by atoms with E-state index in [2.05, 4.69) is 9.97 Å². The topological polar surface area (TPSA) is 87.8 Å². The third-order valence-electron chi connectivity index (χ3n) is 2.82. The van der Waals surface area contributed by atoms with E-state index in [0.29, 0.717) is 21.9 Å². The number of amidine groups is 1. The Hall–Kier alpha value is -1.90. The van der Waals surface area contributed by atoms with E-state index in [1.54, 1.807) is 18.2 Å². The number of hydrogen-bond donors (Lipinski definition) is 3. The quantitative estimate of drug-likeness (QED) is 0.449. The monoisotopic (exact) mass is 318 g/mol. The minimum atomic E-state index is -4.53. The number of imidazole rings is 1. The van der Waals surface area contributed by atoms with E-state index in [4.69, 9.17) is 15.9 Å². The smallest absolute Gasteiger partial charge is 0.399 e. The first-order valence-electron chi connectivity index (χ1n) is 5.88. The average Bonchev–Trinajstić information content (AvgIpc) is 2.78. The summed E-state index contributed by atoms with van der Waals surface area (Å²) in [6.07, 6.45) is -4.53. The molecule has 2 aromatic rings. The number of nitrogens with two attached hydrogens (primary N) is 1. The van der Waals surface area contributed by atoms with Crippen LogP contribution in [-0.4, -0.2) is 34.8 Å². The van der Waals surface area contributed by atoms with Crippen molar-refractivity contribution in [3.8, 4) is 5.75 Å². The summed E-state index contributed by atoms with van der Waals surface area (Å²) in [7, 11) is 1.52. The Kier molecular flexibility index (Phi) is 4.31. The number of alkyl halides is 3. The second-order valence-corrected chi connectivity index (χ2v) is 5.29. The number of hydrogen-bond acceptors (Lipinski definition) is 4. The number of aromatic amines is 1. The van der Waals surface area contributed by atoms with Gasteiger partial charge in [-0.15, -0.1) is 0 Å². The van der Waals surface area contributed by atoms with Crippen LogP contribution in [0.25, 0.3) is 11.0 Å². The van der Waals surface area contributed by atoms with Gasteiger partial charge in [-0.05, 0) is 12.1 Å². The molecule has 0 radical (unpaired) electrons. The van der Waals surface area contributed by atoms with E-state index in [0.717, 1.165) is 11.8 Å². The predicted octanol–water partition coefficient (Wildman–Crippen LogP) is 2.78. The molecule has 0 fully saturated rings. The van der Waals surface area contributed by atoms with Gasteiger partial charge in [0.1, 0.15) is 17.5 Å². The van der Waals surface area contributed by atoms with Gasteiger partial charge < -0.3 is 15.5 Å². The molecule has 2 rings (SSSR count). The minimum Gasteiger partial charge on any atom is -0.497 e. The fourth-order valence-electron chi connectivity index (χ4n) is 1.68. The number of methoxy groups -OCH3 is 1. The Morgan fingerprint density at radius 2 is 2.24 bits per heavy atom. The number of H-pyrrole nitrogens is 1. The van der Waals surface area contributed by atoms with Crippen LogP contribution in [-0.2, 0) is 0 Å². The molecule has 1 aromatic carbocycles. The summed E-state index contributed by atoms with van der Waals surface area (Å²) in [5, 5.41) is 7.37. The van der Waals surface area contributed by atoms with Crippen molar-refractivity contribution in [2.45, 2.75) is 11.3 Å². The van der Waals surface area contributed by atoms with Gasteiger partial charge in [-0.3, -0.25) is 5.41 Å². The standard InChI is InChI=1S/C12H13F3N4OS/c1-20-6-2-3-8-9(4-6)19-11(18-8)21-5-7(10(16)17)12(13,14)15/h2-4,7H,5H2,1H3,(H3,16,17)(H,18,19). The van der Waals surface area contributed by atoms with Gasteiger partial charge in [0.15, 0.2) is 5.16 Å². The van der Waals surface area contributed by atoms with Gasteiger partial charge in [-0.1, -0.05) is 11.8 Å². The summed E-state index contributed by atoms with van der Waals surface area (Å²) in [6, 6.07) is 5.13. The van der Waals surface area contributed by atoms with E-state index < -0.39 is 23.7 Å². The summed E-state index contributed by atoms with van der Waals surface area (Å²) < 4.78 is 43.1. The molecule has 1 atom stereocenters. The Bertz CT molecular complexity index is 655. The number of nitrogens with zero attached hydrogens (tertiary/aromatic N) is 1. The molecule has 0 amide bonds. The Balaban J connectivity index is 2.14. The zero-order valence-corrected chi connectivity index (χ0v) is 11.8. The summed E-state index contributed by atoms with van der Waals surface area (Å²) in [4.78, 5) is 7.08. The molecule has 1 heterocycles. The third-order valence-corrected chi connectivity index (χ3v) is 3.79. The van der Waals surface area contributed by atoms with Crippen molar-refractivity contribution in [1.29, 1.82) is 5.41 Å². The lowest BCUT2D eigenvalue weighted by Crippen LogP contribution is -2.37. The SMILES string of the molecule is COc1ccc2nc(SCC(C(=N)N)C(F)(F)F)[nH]c2c1. The number of ether oxygens (including phenoxy) is 1. The highest BCUT2D eigenvalue weighted by atomic mass is 32.2. The molecule has 0 saturated heterocycles. The average molecular weight is 318 g/mol. The predicted molar refractivity (Wildman–Crippen MR) is 74.8 cm³/mol. The molecule has 9 heteroatoms. The van der Waals surface area contributed by atoms with Crippen molar-refractivity contribution in [3.05, 3.63) is 18.2 Å². The first-order chi connectivity index (χ1) is 9.81. The zero-order chi connectivity index (χ0) is 15.6. The number of halogens is 3. The molecular weight excluding hydrogens is 305 g/mol. The highest BCUT2D eigenvalue weighted by molar-refractivity contribution is 7.99. The van der Waals surface area contributed by atoms with E-state index in [-0.39, 0.29) is 0 Å². The van der Waals surface area contributed by atoms with Crippen LogP contribution >= 0.6 is 11.8 Å². The highest BCUT2D eigenvalue weighted by Crippen LogP contribution is 2.31. The van der Waals surface area contributed by atoms with Crippen LogP contribution in [0.15, 0.2) is 23.4 Å². The normalized spacial score (nSPS) is 13.3. The second kappa shape index (κ2) is 5.84. The maximum atomic E-state index is 12.7. The van der Waals surface area contributed by atoms with Crippen LogP contribution in [0.2, 0.25) is 0 Å². The number of fused-ring (bicyclic) bond motifs is 1. The lowest BCUT2D eigenvalue weighted by molar-refractivity contribution is -0.150. The molecule has 0 spiro atoms. The van der Waals surface area contributed by atoms with Crippen LogP contribution in [0.5, 0.6) is 5.75 Å². The van der Waals surface area contributed by atoms with Gasteiger partial charge in [-0.2, -0.15) is 13.2 Å². The molecule has 1 unspecified atom stereocenters. The Morgan fingerprint density at radius 3 is 2.81 bits per heavy atom. The van der Waals surface area contributed by atoms with Gasteiger partial charge in [0.2, 0.25) is 0 Å². The molecule has 21 heavy (non-hydrogen) atoms. The Labute approximate surface area is 122 Å². The minimum absolute atomic E-state index is 0.341. The first kappa shape index (κ1) is 15.5. The fraction of sp³-hybridized carbons (Fsp3) is 0.333. The summed E-state index contributed by atoms with van der Waals surface area (Å²) in [5.74, 6) is -2.65. The zero-order valence-electron chi connectivity index (χ0n) is 11.0. The van der Waals surface area contributed by atoms with Crippen molar-refractivity contribution in [1.82, 2.24) is 9.97 Å². The van der Waals surface area contributed by atoms with E-state index in [1.165, 1.54) is 7.11 Å². The van der Waals surface area contributed by atoms with Crippen molar-refractivity contribution in [3.63, 3.8) is 0 Å². The molecule has 0 bridgehead atoms. The molecule has 5 nitrogen and oxygen atoms in total.